The maximum Gasteiger partial charge on any atom is 0.359 e. The molecule has 2 aromatic rings. The zero-order valence-electron chi connectivity index (χ0n) is 12.6. The summed E-state index contributed by atoms with van der Waals surface area (Å²) < 4.78 is 5.05. The minimum absolute atomic E-state index is 0.0358. The molecule has 0 unspecified atom stereocenters. The van der Waals surface area contributed by atoms with E-state index >= 15 is 0 Å². The predicted molar refractivity (Wildman–Crippen MR) is 81.4 cm³/mol. The van der Waals surface area contributed by atoms with Gasteiger partial charge in [-0.25, -0.2) is 9.78 Å². The Morgan fingerprint density at radius 3 is 2.48 bits per heavy atom. The van der Waals surface area contributed by atoms with Crippen LogP contribution in [-0.4, -0.2) is 27.9 Å². The van der Waals surface area contributed by atoms with E-state index < -0.39 is 18.0 Å². The average molecular weight is 310 g/mol. The topological polar surface area (TPSA) is 105 Å². The second kappa shape index (κ2) is 7.13. The number of anilines is 1. The highest BCUT2D eigenvalue weighted by molar-refractivity contribution is 5.96. The van der Waals surface area contributed by atoms with Crippen LogP contribution in [0.4, 0.5) is 5.69 Å². The fourth-order valence-corrected chi connectivity index (χ4v) is 1.64. The van der Waals surface area contributed by atoms with Crippen LogP contribution in [0.2, 0.25) is 0 Å². The first-order chi connectivity index (χ1) is 11.0. The highest BCUT2D eigenvalue weighted by Crippen LogP contribution is 2.10. The number of aromatic nitrogens is 2. The van der Waals surface area contributed by atoms with Crippen molar-refractivity contribution in [3.63, 3.8) is 0 Å². The van der Waals surface area contributed by atoms with E-state index in [9.17, 15) is 9.59 Å². The molecule has 1 heterocycles. The molecule has 2 rings (SSSR count). The number of rotatable bonds is 4. The van der Waals surface area contributed by atoms with Gasteiger partial charge in [0.05, 0.1) is 23.5 Å². The number of esters is 1. The van der Waals surface area contributed by atoms with Crippen LogP contribution >= 0.6 is 0 Å². The Bertz CT molecular complexity index is 748. The average Bonchev–Trinajstić information content (AvgIpc) is 2.56. The van der Waals surface area contributed by atoms with E-state index in [1.165, 1.54) is 19.3 Å². The van der Waals surface area contributed by atoms with E-state index in [2.05, 4.69) is 15.3 Å². The molecule has 116 valence electrons. The molecule has 0 fully saturated rings. The van der Waals surface area contributed by atoms with Gasteiger partial charge in [0.2, 0.25) is 0 Å². The van der Waals surface area contributed by atoms with Crippen LogP contribution < -0.4 is 5.32 Å². The number of nitriles is 1. The molecular formula is C16H14N4O3. The van der Waals surface area contributed by atoms with Crippen molar-refractivity contribution in [2.24, 2.45) is 0 Å². The minimum Gasteiger partial charge on any atom is -0.448 e. The molecule has 0 bridgehead atoms. The van der Waals surface area contributed by atoms with Crippen molar-refractivity contribution in [3.05, 3.63) is 53.6 Å². The molecule has 0 saturated heterocycles. The van der Waals surface area contributed by atoms with Gasteiger partial charge in [0.1, 0.15) is 0 Å². The van der Waals surface area contributed by atoms with Gasteiger partial charge in [-0.3, -0.25) is 9.78 Å². The van der Waals surface area contributed by atoms with E-state index in [4.69, 9.17) is 10.00 Å². The SMILES string of the molecule is Cc1cnc(C(=O)O[C@H](C)C(=O)Nc2ccc(C#N)cc2)cn1. The van der Waals surface area contributed by atoms with Crippen LogP contribution in [0.25, 0.3) is 0 Å². The van der Waals surface area contributed by atoms with E-state index in [0.29, 0.717) is 16.9 Å². The molecular weight excluding hydrogens is 296 g/mol. The van der Waals surface area contributed by atoms with E-state index in [1.54, 1.807) is 31.2 Å². The second-order valence-corrected chi connectivity index (χ2v) is 4.77. The zero-order chi connectivity index (χ0) is 16.8. The van der Waals surface area contributed by atoms with Gasteiger partial charge in [0, 0.05) is 11.9 Å². The number of carbonyl (C=O) groups excluding carboxylic acids is 2. The molecule has 0 radical (unpaired) electrons. The summed E-state index contributed by atoms with van der Waals surface area (Å²) in [5, 5.41) is 11.3. The standard InChI is InChI=1S/C16H14N4O3/c1-10-8-19-14(9-18-10)16(22)23-11(2)15(21)20-13-5-3-12(7-17)4-6-13/h3-6,8-9,11H,1-2H3,(H,20,21)/t11-/m1/s1. The monoisotopic (exact) mass is 310 g/mol. The molecule has 0 aliphatic heterocycles. The van der Waals surface area contributed by atoms with Gasteiger partial charge in [0.25, 0.3) is 5.91 Å². The molecule has 0 spiro atoms. The molecule has 1 amide bonds. The van der Waals surface area contributed by atoms with Gasteiger partial charge in [-0.1, -0.05) is 0 Å². The highest BCUT2D eigenvalue weighted by atomic mass is 16.5. The van der Waals surface area contributed by atoms with Gasteiger partial charge in [-0.05, 0) is 38.1 Å². The fourth-order valence-electron chi connectivity index (χ4n) is 1.64. The molecule has 0 saturated carbocycles. The Labute approximate surface area is 132 Å². The maximum absolute atomic E-state index is 12.0. The first-order valence-electron chi connectivity index (χ1n) is 6.80. The summed E-state index contributed by atoms with van der Waals surface area (Å²) in [5.74, 6) is -1.21. The van der Waals surface area contributed by atoms with Gasteiger partial charge >= 0.3 is 5.97 Å². The lowest BCUT2D eigenvalue weighted by Crippen LogP contribution is -2.30. The van der Waals surface area contributed by atoms with Crippen LogP contribution in [0.5, 0.6) is 0 Å². The zero-order valence-corrected chi connectivity index (χ0v) is 12.6. The lowest BCUT2D eigenvalue weighted by Gasteiger charge is -2.13. The van der Waals surface area contributed by atoms with Gasteiger partial charge in [-0.2, -0.15) is 5.26 Å². The predicted octanol–water partition coefficient (Wildman–Crippen LogP) is 1.84. The number of nitrogens with zero attached hydrogens (tertiary/aromatic N) is 3. The third-order valence-corrected chi connectivity index (χ3v) is 2.92. The number of aryl methyl sites for hydroxylation is 1. The Morgan fingerprint density at radius 1 is 1.22 bits per heavy atom. The van der Waals surface area contributed by atoms with Crippen LogP contribution in [-0.2, 0) is 9.53 Å². The van der Waals surface area contributed by atoms with Gasteiger partial charge in [0.15, 0.2) is 11.8 Å². The Kier molecular flexibility index (Phi) is 5.00. The highest BCUT2D eigenvalue weighted by Gasteiger charge is 2.20. The number of amides is 1. The summed E-state index contributed by atoms with van der Waals surface area (Å²) in [6, 6.07) is 8.33. The summed E-state index contributed by atoms with van der Waals surface area (Å²) in [5.41, 5.74) is 1.70. The number of hydrogen-bond acceptors (Lipinski definition) is 6. The van der Waals surface area contributed by atoms with Crippen LogP contribution in [0.3, 0.4) is 0 Å². The van der Waals surface area contributed by atoms with Crippen molar-refractivity contribution in [3.8, 4) is 6.07 Å². The van der Waals surface area contributed by atoms with Crippen molar-refractivity contribution >= 4 is 17.6 Å². The van der Waals surface area contributed by atoms with Crippen LogP contribution in [0.15, 0.2) is 36.7 Å². The molecule has 7 nitrogen and oxygen atoms in total. The molecule has 1 aromatic carbocycles. The fraction of sp³-hybridized carbons (Fsp3) is 0.188. The van der Waals surface area contributed by atoms with Crippen molar-refractivity contribution in [1.82, 2.24) is 9.97 Å². The first-order valence-corrected chi connectivity index (χ1v) is 6.80. The number of carbonyl (C=O) groups is 2. The smallest absolute Gasteiger partial charge is 0.359 e. The van der Waals surface area contributed by atoms with Crippen LogP contribution in [0.1, 0.15) is 28.7 Å². The minimum atomic E-state index is -0.999. The lowest BCUT2D eigenvalue weighted by atomic mass is 10.2. The Hall–Kier alpha value is -3.27. The largest absolute Gasteiger partial charge is 0.448 e. The van der Waals surface area contributed by atoms with Crippen molar-refractivity contribution in [2.75, 3.05) is 5.32 Å². The molecule has 23 heavy (non-hydrogen) atoms. The third-order valence-electron chi connectivity index (χ3n) is 2.92. The quantitative estimate of drug-likeness (QED) is 0.864. The Balaban J connectivity index is 1.95. The summed E-state index contributed by atoms with van der Waals surface area (Å²) in [6.45, 7) is 3.20. The summed E-state index contributed by atoms with van der Waals surface area (Å²) >= 11 is 0. The normalized spacial score (nSPS) is 11.2. The van der Waals surface area contributed by atoms with Crippen LogP contribution in [0, 0.1) is 18.3 Å². The third kappa shape index (κ3) is 4.35. The van der Waals surface area contributed by atoms with E-state index in [-0.39, 0.29) is 5.69 Å². The van der Waals surface area contributed by atoms with Crippen molar-refractivity contribution in [1.29, 1.82) is 5.26 Å². The lowest BCUT2D eigenvalue weighted by molar-refractivity contribution is -0.123. The molecule has 1 atom stereocenters. The molecule has 1 aromatic heterocycles. The number of ether oxygens (including phenoxy) is 1. The Morgan fingerprint density at radius 2 is 1.91 bits per heavy atom. The van der Waals surface area contributed by atoms with E-state index in [1.807, 2.05) is 6.07 Å². The second-order valence-electron chi connectivity index (χ2n) is 4.77. The summed E-state index contributed by atoms with van der Waals surface area (Å²) in [7, 11) is 0. The molecule has 0 aliphatic rings. The first kappa shape index (κ1) is 16.1. The molecule has 1 N–H and O–H groups in total. The summed E-state index contributed by atoms with van der Waals surface area (Å²) in [4.78, 5) is 31.7. The van der Waals surface area contributed by atoms with Gasteiger partial charge < -0.3 is 10.1 Å². The maximum atomic E-state index is 12.0. The summed E-state index contributed by atoms with van der Waals surface area (Å²) in [6.07, 6.45) is 1.74. The number of nitrogens with one attached hydrogen (secondary N) is 1. The molecule has 0 aliphatic carbocycles. The molecule has 7 heteroatoms. The van der Waals surface area contributed by atoms with E-state index in [0.717, 1.165) is 0 Å². The van der Waals surface area contributed by atoms with Crippen molar-refractivity contribution < 1.29 is 14.3 Å². The number of hydrogen-bond donors (Lipinski definition) is 1. The van der Waals surface area contributed by atoms with Gasteiger partial charge in [-0.15, -0.1) is 0 Å². The number of benzene rings is 1. The van der Waals surface area contributed by atoms with Crippen molar-refractivity contribution in [2.45, 2.75) is 20.0 Å².